The van der Waals surface area contributed by atoms with Crippen molar-refractivity contribution in [1.29, 1.82) is 0 Å². The molecule has 1 rings (SSSR count). The zero-order valence-electron chi connectivity index (χ0n) is 9.11. The molecule has 2 nitrogen and oxygen atoms in total. The first-order chi connectivity index (χ1) is 6.68. The monoisotopic (exact) mass is 217 g/mol. The standard InChI is InChI=1S/C11H20ClNO/c1-10(2)3-6-13-11(9-12)4-7-14-8-5-11/h3,13H,4-9H2,1-2H3. The van der Waals surface area contributed by atoms with Crippen LogP contribution in [0.4, 0.5) is 0 Å². The van der Waals surface area contributed by atoms with Crippen molar-refractivity contribution < 1.29 is 4.74 Å². The Balaban J connectivity index is 2.40. The van der Waals surface area contributed by atoms with E-state index in [1.165, 1.54) is 5.57 Å². The Morgan fingerprint density at radius 3 is 2.57 bits per heavy atom. The lowest BCUT2D eigenvalue weighted by atomic mass is 9.92. The molecule has 0 radical (unpaired) electrons. The van der Waals surface area contributed by atoms with Crippen LogP contribution in [-0.2, 0) is 4.74 Å². The molecular formula is C11H20ClNO. The maximum Gasteiger partial charge on any atom is 0.0484 e. The predicted octanol–water partition coefficient (Wildman–Crippen LogP) is 2.33. The molecule has 0 unspecified atom stereocenters. The molecule has 0 spiro atoms. The fourth-order valence-electron chi connectivity index (χ4n) is 1.59. The smallest absolute Gasteiger partial charge is 0.0484 e. The number of alkyl halides is 1. The molecule has 0 aromatic carbocycles. The lowest BCUT2D eigenvalue weighted by molar-refractivity contribution is 0.0480. The minimum absolute atomic E-state index is 0.103. The van der Waals surface area contributed by atoms with Gasteiger partial charge in [0.25, 0.3) is 0 Å². The second kappa shape index (κ2) is 5.74. The van der Waals surface area contributed by atoms with Crippen molar-refractivity contribution in [2.75, 3.05) is 25.6 Å². The largest absolute Gasteiger partial charge is 0.381 e. The first kappa shape index (κ1) is 12.0. The van der Waals surface area contributed by atoms with E-state index in [4.69, 9.17) is 16.3 Å². The van der Waals surface area contributed by atoms with Crippen LogP contribution in [0.25, 0.3) is 0 Å². The van der Waals surface area contributed by atoms with Gasteiger partial charge in [0.15, 0.2) is 0 Å². The summed E-state index contributed by atoms with van der Waals surface area (Å²) >= 11 is 6.01. The summed E-state index contributed by atoms with van der Waals surface area (Å²) in [5.74, 6) is 0.674. The molecule has 0 aromatic rings. The van der Waals surface area contributed by atoms with Crippen molar-refractivity contribution in [3.63, 3.8) is 0 Å². The molecule has 1 saturated heterocycles. The molecule has 0 bridgehead atoms. The summed E-state index contributed by atoms with van der Waals surface area (Å²) in [5.41, 5.74) is 1.44. The van der Waals surface area contributed by atoms with Gasteiger partial charge in [-0.2, -0.15) is 0 Å². The zero-order chi connectivity index (χ0) is 10.4. The highest BCUT2D eigenvalue weighted by atomic mass is 35.5. The third-order valence-corrected chi connectivity index (χ3v) is 3.20. The van der Waals surface area contributed by atoms with Crippen LogP contribution in [0.2, 0.25) is 0 Å². The first-order valence-corrected chi connectivity index (χ1v) is 5.74. The van der Waals surface area contributed by atoms with Gasteiger partial charge in [-0.1, -0.05) is 11.6 Å². The molecule has 0 aromatic heterocycles. The highest BCUT2D eigenvalue weighted by molar-refractivity contribution is 6.18. The Morgan fingerprint density at radius 2 is 2.07 bits per heavy atom. The van der Waals surface area contributed by atoms with E-state index in [0.29, 0.717) is 5.88 Å². The Labute approximate surface area is 91.7 Å². The average Bonchev–Trinajstić information content (AvgIpc) is 2.19. The summed E-state index contributed by atoms with van der Waals surface area (Å²) in [5, 5.41) is 3.53. The van der Waals surface area contributed by atoms with Gasteiger partial charge in [-0.15, -0.1) is 11.6 Å². The summed E-state index contributed by atoms with van der Waals surface area (Å²) in [7, 11) is 0. The number of rotatable bonds is 4. The second-order valence-corrected chi connectivity index (χ2v) is 4.46. The van der Waals surface area contributed by atoms with Crippen LogP contribution in [0.3, 0.4) is 0 Å². The van der Waals surface area contributed by atoms with Crippen molar-refractivity contribution in [3.8, 4) is 0 Å². The van der Waals surface area contributed by atoms with Gasteiger partial charge in [0.1, 0.15) is 0 Å². The van der Waals surface area contributed by atoms with Crippen LogP contribution in [0, 0.1) is 0 Å². The molecule has 1 N–H and O–H groups in total. The topological polar surface area (TPSA) is 21.3 Å². The molecule has 1 heterocycles. The lowest BCUT2D eigenvalue weighted by Crippen LogP contribution is -2.51. The maximum atomic E-state index is 6.01. The van der Waals surface area contributed by atoms with E-state index in [2.05, 4.69) is 25.2 Å². The highest BCUT2D eigenvalue weighted by Gasteiger charge is 2.30. The first-order valence-electron chi connectivity index (χ1n) is 5.21. The number of halogens is 1. The number of hydrogen-bond donors (Lipinski definition) is 1. The van der Waals surface area contributed by atoms with Gasteiger partial charge < -0.3 is 10.1 Å². The van der Waals surface area contributed by atoms with E-state index in [1.54, 1.807) is 0 Å². The zero-order valence-corrected chi connectivity index (χ0v) is 9.86. The number of allylic oxidation sites excluding steroid dienone is 1. The van der Waals surface area contributed by atoms with Gasteiger partial charge in [-0.25, -0.2) is 0 Å². The van der Waals surface area contributed by atoms with Crippen molar-refractivity contribution in [2.24, 2.45) is 0 Å². The quantitative estimate of drug-likeness (QED) is 0.577. The predicted molar refractivity (Wildman–Crippen MR) is 60.9 cm³/mol. The van der Waals surface area contributed by atoms with Crippen LogP contribution in [0.1, 0.15) is 26.7 Å². The van der Waals surface area contributed by atoms with Crippen molar-refractivity contribution in [1.82, 2.24) is 5.32 Å². The van der Waals surface area contributed by atoms with E-state index in [9.17, 15) is 0 Å². The minimum Gasteiger partial charge on any atom is -0.381 e. The molecule has 1 aliphatic rings. The Morgan fingerprint density at radius 1 is 1.43 bits per heavy atom. The molecule has 0 amide bonds. The molecular weight excluding hydrogens is 198 g/mol. The van der Waals surface area contributed by atoms with Crippen molar-refractivity contribution >= 4 is 11.6 Å². The van der Waals surface area contributed by atoms with Gasteiger partial charge in [0.05, 0.1) is 0 Å². The normalized spacial score (nSPS) is 20.5. The van der Waals surface area contributed by atoms with E-state index in [0.717, 1.165) is 32.6 Å². The molecule has 14 heavy (non-hydrogen) atoms. The van der Waals surface area contributed by atoms with Gasteiger partial charge in [-0.3, -0.25) is 0 Å². The van der Waals surface area contributed by atoms with Crippen molar-refractivity contribution in [2.45, 2.75) is 32.2 Å². The molecule has 3 heteroatoms. The SMILES string of the molecule is CC(C)=CCNC1(CCl)CCOCC1. The van der Waals surface area contributed by atoms with Crippen molar-refractivity contribution in [3.05, 3.63) is 11.6 Å². The van der Waals surface area contributed by atoms with E-state index < -0.39 is 0 Å². The van der Waals surface area contributed by atoms with E-state index in [-0.39, 0.29) is 5.54 Å². The third kappa shape index (κ3) is 3.60. The van der Waals surface area contributed by atoms with Crippen LogP contribution < -0.4 is 5.32 Å². The van der Waals surface area contributed by atoms with Crippen LogP contribution >= 0.6 is 11.6 Å². The van der Waals surface area contributed by atoms with Crippen LogP contribution in [-0.4, -0.2) is 31.2 Å². The average molecular weight is 218 g/mol. The highest BCUT2D eigenvalue weighted by Crippen LogP contribution is 2.21. The van der Waals surface area contributed by atoms with Gasteiger partial charge in [0, 0.05) is 31.2 Å². The number of hydrogen-bond acceptors (Lipinski definition) is 2. The molecule has 1 fully saturated rings. The number of ether oxygens (including phenoxy) is 1. The summed E-state index contributed by atoms with van der Waals surface area (Å²) in [6.45, 7) is 6.79. The summed E-state index contributed by atoms with van der Waals surface area (Å²) in [4.78, 5) is 0. The minimum atomic E-state index is 0.103. The Kier molecular flexibility index (Phi) is 4.93. The fraction of sp³-hybridized carbons (Fsp3) is 0.818. The van der Waals surface area contributed by atoms with Gasteiger partial charge in [-0.05, 0) is 26.7 Å². The van der Waals surface area contributed by atoms with Gasteiger partial charge in [0.2, 0.25) is 0 Å². The van der Waals surface area contributed by atoms with Gasteiger partial charge >= 0.3 is 0 Å². The Bertz CT molecular complexity index is 193. The fourth-order valence-corrected chi connectivity index (χ4v) is 1.95. The Hall–Kier alpha value is -0.0500. The molecule has 0 aliphatic carbocycles. The summed E-state index contributed by atoms with van der Waals surface area (Å²) in [6, 6.07) is 0. The molecule has 0 atom stereocenters. The maximum absolute atomic E-state index is 6.01. The summed E-state index contributed by atoms with van der Waals surface area (Å²) in [6.07, 6.45) is 4.24. The number of nitrogens with one attached hydrogen (secondary N) is 1. The second-order valence-electron chi connectivity index (χ2n) is 4.19. The van der Waals surface area contributed by atoms with E-state index >= 15 is 0 Å². The van der Waals surface area contributed by atoms with Crippen LogP contribution in [0.15, 0.2) is 11.6 Å². The third-order valence-electron chi connectivity index (χ3n) is 2.69. The lowest BCUT2D eigenvalue weighted by Gasteiger charge is -2.36. The molecule has 0 saturated carbocycles. The van der Waals surface area contributed by atoms with E-state index in [1.807, 2.05) is 0 Å². The molecule has 1 aliphatic heterocycles. The van der Waals surface area contributed by atoms with Crippen LogP contribution in [0.5, 0.6) is 0 Å². The molecule has 82 valence electrons. The summed E-state index contributed by atoms with van der Waals surface area (Å²) < 4.78 is 5.34.